The van der Waals surface area contributed by atoms with Gasteiger partial charge in [-0.15, -0.1) is 0 Å². The number of likely N-dealkylation sites (N-methyl/N-ethyl adjacent to an activating group) is 1. The first-order chi connectivity index (χ1) is 11.8. The first-order valence-corrected chi connectivity index (χ1v) is 8.39. The van der Waals surface area contributed by atoms with E-state index in [2.05, 4.69) is 54.4 Å². The molecule has 1 unspecified atom stereocenters. The Morgan fingerprint density at radius 1 is 1.17 bits per heavy atom. The largest absolute Gasteiger partial charge is 0.496 e. The molecule has 1 aromatic rings. The smallest absolute Gasteiger partial charge is 0.179 e. The van der Waals surface area contributed by atoms with Crippen molar-refractivity contribution in [3.63, 3.8) is 0 Å². The highest BCUT2D eigenvalue weighted by Crippen LogP contribution is 2.43. The van der Waals surface area contributed by atoms with Crippen LogP contribution in [-0.4, -0.2) is 43.1 Å². The molecule has 0 amide bonds. The summed E-state index contributed by atoms with van der Waals surface area (Å²) in [6.07, 6.45) is 2.25. The van der Waals surface area contributed by atoms with E-state index in [0.29, 0.717) is 6.04 Å². The van der Waals surface area contributed by atoms with Gasteiger partial charge in [-0.25, -0.2) is 0 Å². The van der Waals surface area contributed by atoms with Gasteiger partial charge >= 0.3 is 0 Å². The first kappa shape index (κ1) is 16.4. The topological polar surface area (TPSA) is 39.5 Å². The van der Waals surface area contributed by atoms with Crippen LogP contribution in [0, 0.1) is 11.5 Å². The Labute approximate surface area is 143 Å². The Bertz CT molecular complexity index is 723. The first-order valence-electron chi connectivity index (χ1n) is 8.39. The summed E-state index contributed by atoms with van der Waals surface area (Å²) in [5.74, 6) is 1.01. The van der Waals surface area contributed by atoms with Crippen LogP contribution in [0.1, 0.15) is 18.5 Å². The van der Waals surface area contributed by atoms with Crippen molar-refractivity contribution in [2.75, 3.05) is 33.3 Å². The fraction of sp³-hybridized carbons (Fsp3) is 0.350. The minimum absolute atomic E-state index is 0.361. The predicted molar refractivity (Wildman–Crippen MR) is 95.6 cm³/mol. The zero-order chi connectivity index (χ0) is 16.9. The molecule has 4 nitrogen and oxygen atoms in total. The molecule has 0 spiro atoms. The van der Waals surface area contributed by atoms with Crippen molar-refractivity contribution in [1.29, 1.82) is 5.26 Å². The summed E-state index contributed by atoms with van der Waals surface area (Å²) in [4.78, 5) is 4.28. The van der Waals surface area contributed by atoms with Gasteiger partial charge in [0.15, 0.2) is 6.19 Å². The van der Waals surface area contributed by atoms with E-state index in [1.54, 1.807) is 7.11 Å². The minimum atomic E-state index is 0.361. The summed E-state index contributed by atoms with van der Waals surface area (Å²) >= 11 is 0. The molecule has 4 heteroatoms. The molecule has 3 aliphatic rings. The van der Waals surface area contributed by atoms with E-state index in [4.69, 9.17) is 10.00 Å². The van der Waals surface area contributed by atoms with Crippen LogP contribution in [0.3, 0.4) is 0 Å². The number of hydrogen-bond acceptors (Lipinski definition) is 4. The predicted octanol–water partition coefficient (Wildman–Crippen LogP) is 3.52. The number of methoxy groups -OCH3 is 1. The van der Waals surface area contributed by atoms with Crippen LogP contribution in [0.25, 0.3) is 11.1 Å². The highest BCUT2D eigenvalue weighted by molar-refractivity contribution is 5.87. The lowest BCUT2D eigenvalue weighted by molar-refractivity contribution is 0.112. The fourth-order valence-corrected chi connectivity index (χ4v) is 3.19. The van der Waals surface area contributed by atoms with Gasteiger partial charge in [0.25, 0.3) is 0 Å². The lowest BCUT2D eigenvalue weighted by Gasteiger charge is -2.39. The average Bonchev–Trinajstić information content (AvgIpc) is 3.33. The molecular formula is C20H23N3O. The Hall–Kier alpha value is -2.51. The van der Waals surface area contributed by atoms with Crippen LogP contribution in [0.4, 0.5) is 0 Å². The second kappa shape index (κ2) is 7.37. The van der Waals surface area contributed by atoms with Gasteiger partial charge in [0.1, 0.15) is 5.75 Å². The van der Waals surface area contributed by atoms with Crippen LogP contribution >= 0.6 is 0 Å². The third kappa shape index (κ3) is 3.52. The van der Waals surface area contributed by atoms with Crippen molar-refractivity contribution in [3.8, 4) is 23.1 Å². The molecule has 1 fully saturated rings. The normalized spacial score (nSPS) is 18.2. The van der Waals surface area contributed by atoms with E-state index in [-0.39, 0.29) is 0 Å². The highest BCUT2D eigenvalue weighted by Gasteiger charge is 2.26. The summed E-state index contributed by atoms with van der Waals surface area (Å²) < 4.78 is 5.01. The van der Waals surface area contributed by atoms with Gasteiger partial charge in [0.05, 0.1) is 13.2 Å². The maximum Gasteiger partial charge on any atom is 0.179 e. The number of piperazine rings is 1. The van der Waals surface area contributed by atoms with Gasteiger partial charge in [-0.05, 0) is 29.8 Å². The molecule has 1 atom stereocenters. The number of benzene rings is 2. The molecule has 0 bridgehead atoms. The second-order valence-electron chi connectivity index (χ2n) is 6.02. The molecule has 4 rings (SSSR count). The number of fused-ring (bicyclic) bond motifs is 1. The molecule has 0 N–H and O–H groups in total. The molecule has 2 aliphatic carbocycles. The number of rotatable bonds is 3. The summed E-state index contributed by atoms with van der Waals surface area (Å²) in [5.41, 5.74) is 3.93. The van der Waals surface area contributed by atoms with Gasteiger partial charge in [-0.3, -0.25) is 4.90 Å². The molecule has 0 saturated carbocycles. The summed E-state index contributed by atoms with van der Waals surface area (Å²) in [5, 5.41) is 8.97. The monoisotopic (exact) mass is 321 g/mol. The van der Waals surface area contributed by atoms with Gasteiger partial charge in [-0.2, -0.15) is 5.26 Å². The summed E-state index contributed by atoms with van der Waals surface area (Å²) in [6.45, 7) is 5.86. The van der Waals surface area contributed by atoms with E-state index in [1.807, 2.05) is 17.0 Å². The number of hydrogen-bond donors (Lipinski definition) is 0. The third-order valence-electron chi connectivity index (χ3n) is 4.65. The van der Waals surface area contributed by atoms with Crippen LogP contribution in [0.2, 0.25) is 0 Å². The Morgan fingerprint density at radius 3 is 2.46 bits per heavy atom. The maximum absolute atomic E-state index is 8.97. The zero-order valence-electron chi connectivity index (χ0n) is 14.3. The molecule has 0 radical (unpaired) electrons. The second-order valence-corrected chi connectivity index (χ2v) is 6.02. The zero-order valence-corrected chi connectivity index (χ0v) is 14.3. The van der Waals surface area contributed by atoms with Crippen LogP contribution in [0.5, 0.6) is 5.75 Å². The van der Waals surface area contributed by atoms with Crippen molar-refractivity contribution in [2.24, 2.45) is 0 Å². The average molecular weight is 321 g/mol. The van der Waals surface area contributed by atoms with Crippen molar-refractivity contribution in [1.82, 2.24) is 9.80 Å². The third-order valence-corrected chi connectivity index (χ3v) is 4.65. The summed E-state index contributed by atoms with van der Waals surface area (Å²) in [6, 6.07) is 17.0. The van der Waals surface area contributed by atoms with E-state index in [9.17, 15) is 0 Å². The van der Waals surface area contributed by atoms with E-state index < -0.39 is 0 Å². The Morgan fingerprint density at radius 2 is 1.96 bits per heavy atom. The van der Waals surface area contributed by atoms with E-state index >= 15 is 0 Å². The van der Waals surface area contributed by atoms with Crippen LogP contribution in [0.15, 0.2) is 48.5 Å². The standard InChI is InChI=1S/C13H17N3.C7H6O/c1-2-16-9-8-15(11-14)10-13(16)12-6-4-3-5-7-12;1-8-7-3-2-5-4-6(5)7/h3-7,13H,2,8-10H2,1H3;2-4H,1H3. The van der Waals surface area contributed by atoms with Crippen LogP contribution < -0.4 is 4.74 Å². The lowest BCUT2D eigenvalue weighted by atomic mass is 10.0. The van der Waals surface area contributed by atoms with Crippen LogP contribution in [-0.2, 0) is 0 Å². The van der Waals surface area contributed by atoms with E-state index in [1.165, 1.54) is 16.7 Å². The van der Waals surface area contributed by atoms with E-state index in [0.717, 1.165) is 31.9 Å². The van der Waals surface area contributed by atoms with Crippen molar-refractivity contribution < 1.29 is 4.74 Å². The van der Waals surface area contributed by atoms with Gasteiger partial charge in [0.2, 0.25) is 0 Å². The molecule has 1 saturated heterocycles. The fourth-order valence-electron chi connectivity index (χ4n) is 3.19. The lowest BCUT2D eigenvalue weighted by Crippen LogP contribution is -2.46. The van der Waals surface area contributed by atoms with Gasteiger partial charge in [-0.1, -0.05) is 43.3 Å². The maximum atomic E-state index is 8.97. The summed E-state index contributed by atoms with van der Waals surface area (Å²) in [7, 11) is 1.70. The van der Waals surface area contributed by atoms with Gasteiger partial charge < -0.3 is 9.64 Å². The molecule has 0 aromatic heterocycles. The number of ether oxygens (including phenoxy) is 1. The molecule has 124 valence electrons. The SMILES string of the molecule is CCN1CCN(C#N)CC1c1ccccc1.COc1ccc2cc1-2. The van der Waals surface area contributed by atoms with Crippen molar-refractivity contribution in [2.45, 2.75) is 13.0 Å². The highest BCUT2D eigenvalue weighted by atomic mass is 16.5. The molecule has 24 heavy (non-hydrogen) atoms. The Kier molecular flexibility index (Phi) is 5.02. The molecule has 1 aromatic carbocycles. The number of nitrogens with zero attached hydrogens (tertiary/aromatic N) is 3. The quantitative estimate of drug-likeness (QED) is 0.692. The minimum Gasteiger partial charge on any atom is -0.496 e. The molecular weight excluding hydrogens is 298 g/mol. The number of nitriles is 1. The Balaban J connectivity index is 0.000000175. The molecule has 1 heterocycles. The van der Waals surface area contributed by atoms with Gasteiger partial charge in [0, 0.05) is 25.2 Å². The van der Waals surface area contributed by atoms with Crippen molar-refractivity contribution in [3.05, 3.63) is 54.1 Å². The molecule has 1 aliphatic heterocycles. The van der Waals surface area contributed by atoms with Crippen molar-refractivity contribution >= 4 is 0 Å².